The van der Waals surface area contributed by atoms with Crippen molar-refractivity contribution in [3.05, 3.63) is 6.42 Å². The van der Waals surface area contributed by atoms with Crippen molar-refractivity contribution in [1.29, 1.82) is 0 Å². The van der Waals surface area contributed by atoms with E-state index in [0.717, 1.165) is 19.5 Å². The summed E-state index contributed by atoms with van der Waals surface area (Å²) in [6, 6.07) is 0. The topological polar surface area (TPSA) is 29.5 Å². The summed E-state index contributed by atoms with van der Waals surface area (Å²) in [4.78, 5) is 13.3. The van der Waals surface area contributed by atoms with Crippen molar-refractivity contribution in [3.63, 3.8) is 0 Å². The summed E-state index contributed by atoms with van der Waals surface area (Å²) in [6.45, 7) is 4.90. The monoisotopic (exact) mass is 170 g/mol. The Hall–Kier alpha value is -0.570. The van der Waals surface area contributed by atoms with E-state index in [1.165, 1.54) is 0 Å². The van der Waals surface area contributed by atoms with Crippen molar-refractivity contribution in [2.45, 2.75) is 19.8 Å². The summed E-state index contributed by atoms with van der Waals surface area (Å²) in [7, 11) is 0. The van der Waals surface area contributed by atoms with Crippen LogP contribution < -0.4 is 0 Å². The molecule has 1 radical (unpaired) electrons. The highest BCUT2D eigenvalue weighted by Crippen LogP contribution is 2.02. The minimum Gasteiger partial charge on any atom is -0.378 e. The molecule has 0 atom stereocenters. The van der Waals surface area contributed by atoms with Crippen molar-refractivity contribution >= 4 is 5.91 Å². The molecule has 0 unspecified atom stereocenters. The molecule has 0 spiro atoms. The third kappa shape index (κ3) is 2.81. The molecule has 0 N–H and O–H groups in total. The number of rotatable bonds is 3. The zero-order valence-corrected chi connectivity index (χ0v) is 7.58. The van der Waals surface area contributed by atoms with Crippen LogP contribution in [-0.2, 0) is 9.53 Å². The molecule has 0 saturated carbocycles. The Morgan fingerprint density at radius 3 is 2.75 bits per heavy atom. The molecule has 1 aliphatic rings. The second-order valence-electron chi connectivity index (χ2n) is 2.94. The van der Waals surface area contributed by atoms with Gasteiger partial charge in [-0.3, -0.25) is 4.79 Å². The second-order valence-corrected chi connectivity index (χ2v) is 2.94. The molecule has 0 aromatic rings. The average molecular weight is 170 g/mol. The van der Waals surface area contributed by atoms with Crippen molar-refractivity contribution in [3.8, 4) is 0 Å². The molecule has 1 fully saturated rings. The maximum Gasteiger partial charge on any atom is 0.222 e. The van der Waals surface area contributed by atoms with Gasteiger partial charge in [-0.2, -0.15) is 0 Å². The Morgan fingerprint density at radius 2 is 2.17 bits per heavy atom. The van der Waals surface area contributed by atoms with Crippen LogP contribution in [0, 0.1) is 6.42 Å². The fourth-order valence-corrected chi connectivity index (χ4v) is 1.24. The van der Waals surface area contributed by atoms with E-state index in [9.17, 15) is 4.79 Å². The molecule has 12 heavy (non-hydrogen) atoms. The standard InChI is InChI=1S/C9H16NO2/c1-2-3-4-9(11)10-5-7-12-8-6-10/h2H,3-8H2,1H3. The van der Waals surface area contributed by atoms with Gasteiger partial charge in [-0.15, -0.1) is 0 Å². The van der Waals surface area contributed by atoms with Crippen LogP contribution in [0.4, 0.5) is 0 Å². The Kier molecular flexibility index (Phi) is 4.08. The van der Waals surface area contributed by atoms with Crippen molar-refractivity contribution in [1.82, 2.24) is 4.90 Å². The fraction of sp³-hybridized carbons (Fsp3) is 0.778. The van der Waals surface area contributed by atoms with Gasteiger partial charge in [-0.05, 0) is 12.8 Å². The van der Waals surface area contributed by atoms with E-state index in [2.05, 4.69) is 0 Å². The van der Waals surface area contributed by atoms with Crippen LogP contribution in [0.5, 0.6) is 0 Å². The van der Waals surface area contributed by atoms with Gasteiger partial charge in [0.15, 0.2) is 0 Å². The van der Waals surface area contributed by atoms with Crippen LogP contribution in [0.3, 0.4) is 0 Å². The lowest BCUT2D eigenvalue weighted by atomic mass is 10.2. The third-order valence-electron chi connectivity index (χ3n) is 2.01. The van der Waals surface area contributed by atoms with Crippen molar-refractivity contribution in [2.24, 2.45) is 0 Å². The Bertz CT molecular complexity index is 141. The van der Waals surface area contributed by atoms with Gasteiger partial charge in [0.25, 0.3) is 0 Å². The van der Waals surface area contributed by atoms with E-state index in [-0.39, 0.29) is 5.91 Å². The van der Waals surface area contributed by atoms with Gasteiger partial charge in [0.2, 0.25) is 5.91 Å². The van der Waals surface area contributed by atoms with Gasteiger partial charge in [0, 0.05) is 19.5 Å². The first-order valence-electron chi connectivity index (χ1n) is 4.48. The molecular formula is C9H16NO2. The van der Waals surface area contributed by atoms with E-state index < -0.39 is 0 Å². The van der Waals surface area contributed by atoms with Crippen LogP contribution in [0.1, 0.15) is 19.8 Å². The van der Waals surface area contributed by atoms with Gasteiger partial charge in [-0.1, -0.05) is 6.92 Å². The van der Waals surface area contributed by atoms with Crippen LogP contribution in [0.2, 0.25) is 0 Å². The molecule has 1 saturated heterocycles. The van der Waals surface area contributed by atoms with Crippen molar-refractivity contribution < 1.29 is 9.53 Å². The lowest BCUT2D eigenvalue weighted by molar-refractivity contribution is -0.135. The number of carbonyl (C=O) groups is 1. The zero-order valence-electron chi connectivity index (χ0n) is 7.58. The molecule has 0 aromatic carbocycles. The highest BCUT2D eigenvalue weighted by molar-refractivity contribution is 5.76. The van der Waals surface area contributed by atoms with Crippen LogP contribution in [0.15, 0.2) is 0 Å². The van der Waals surface area contributed by atoms with Crippen LogP contribution in [-0.4, -0.2) is 37.1 Å². The normalized spacial score (nSPS) is 17.9. The van der Waals surface area contributed by atoms with Crippen LogP contribution in [0.25, 0.3) is 0 Å². The molecule has 1 aliphatic heterocycles. The SMILES string of the molecule is C[CH]CCC(=O)N1CCOCC1. The number of ether oxygens (including phenoxy) is 1. The maximum absolute atomic E-state index is 11.4. The first-order valence-corrected chi connectivity index (χ1v) is 4.48. The predicted octanol–water partition coefficient (Wildman–Crippen LogP) is 0.850. The molecule has 0 bridgehead atoms. The summed E-state index contributed by atoms with van der Waals surface area (Å²) < 4.78 is 5.15. The molecule has 69 valence electrons. The smallest absolute Gasteiger partial charge is 0.222 e. The first kappa shape index (κ1) is 9.52. The molecule has 3 heteroatoms. The summed E-state index contributed by atoms with van der Waals surface area (Å²) in [5, 5.41) is 0. The number of morpholine rings is 1. The lowest BCUT2D eigenvalue weighted by Crippen LogP contribution is -2.40. The molecule has 1 heterocycles. The quantitative estimate of drug-likeness (QED) is 0.628. The first-order chi connectivity index (χ1) is 5.84. The Balaban J connectivity index is 2.20. The third-order valence-corrected chi connectivity index (χ3v) is 2.01. The highest BCUT2D eigenvalue weighted by atomic mass is 16.5. The molecule has 0 aliphatic carbocycles. The number of hydrogen-bond acceptors (Lipinski definition) is 2. The molecule has 1 rings (SSSR count). The summed E-state index contributed by atoms with van der Waals surface area (Å²) in [6.07, 6.45) is 3.56. The van der Waals surface area contributed by atoms with E-state index in [0.29, 0.717) is 19.6 Å². The van der Waals surface area contributed by atoms with Gasteiger partial charge >= 0.3 is 0 Å². The lowest BCUT2D eigenvalue weighted by Gasteiger charge is -2.26. The number of carbonyl (C=O) groups excluding carboxylic acids is 1. The minimum atomic E-state index is 0.261. The number of amides is 1. The van der Waals surface area contributed by atoms with Gasteiger partial charge in [-0.25, -0.2) is 0 Å². The molecule has 3 nitrogen and oxygen atoms in total. The van der Waals surface area contributed by atoms with Crippen molar-refractivity contribution in [2.75, 3.05) is 26.3 Å². The van der Waals surface area contributed by atoms with E-state index in [1.807, 2.05) is 18.2 Å². The summed E-state index contributed by atoms with van der Waals surface area (Å²) in [5.74, 6) is 0.261. The van der Waals surface area contributed by atoms with E-state index in [1.54, 1.807) is 0 Å². The Labute approximate surface area is 73.7 Å². The average Bonchev–Trinajstić information content (AvgIpc) is 2.15. The van der Waals surface area contributed by atoms with E-state index in [4.69, 9.17) is 4.74 Å². The van der Waals surface area contributed by atoms with Gasteiger partial charge in [0.05, 0.1) is 13.2 Å². The van der Waals surface area contributed by atoms with E-state index >= 15 is 0 Å². The fourth-order valence-electron chi connectivity index (χ4n) is 1.24. The number of unbranched alkanes of at least 4 members (excludes halogenated alkanes) is 1. The molecule has 0 aromatic heterocycles. The second kappa shape index (κ2) is 5.14. The largest absolute Gasteiger partial charge is 0.378 e. The molecular weight excluding hydrogens is 154 g/mol. The Morgan fingerprint density at radius 1 is 1.50 bits per heavy atom. The number of hydrogen-bond donors (Lipinski definition) is 0. The maximum atomic E-state index is 11.4. The highest BCUT2D eigenvalue weighted by Gasteiger charge is 2.15. The zero-order chi connectivity index (χ0) is 8.81. The summed E-state index contributed by atoms with van der Waals surface area (Å²) >= 11 is 0. The predicted molar refractivity (Wildman–Crippen MR) is 46.6 cm³/mol. The van der Waals surface area contributed by atoms with Gasteiger partial charge < -0.3 is 9.64 Å². The van der Waals surface area contributed by atoms with Gasteiger partial charge in [0.1, 0.15) is 0 Å². The van der Waals surface area contributed by atoms with Crippen LogP contribution >= 0.6 is 0 Å². The molecule has 1 amide bonds. The summed E-state index contributed by atoms with van der Waals surface area (Å²) in [5.41, 5.74) is 0. The minimum absolute atomic E-state index is 0.261. The number of nitrogens with zero attached hydrogens (tertiary/aromatic N) is 1.